The Balaban J connectivity index is 2.58. The molecule has 1 N–H and O–H groups in total. The Hall–Kier alpha value is -0.690. The van der Waals surface area contributed by atoms with Crippen molar-refractivity contribution in [2.45, 2.75) is 44.9 Å². The van der Waals surface area contributed by atoms with Gasteiger partial charge in [0.05, 0.1) is 16.7 Å². The minimum atomic E-state index is -4.23. The average Bonchev–Trinajstić information content (AvgIpc) is 2.62. The average molecular weight is 254 g/mol. The van der Waals surface area contributed by atoms with Gasteiger partial charge in [0.25, 0.3) is 0 Å². The van der Waals surface area contributed by atoms with Gasteiger partial charge in [-0.1, -0.05) is 17.8 Å². The van der Waals surface area contributed by atoms with Crippen LogP contribution in [0.2, 0.25) is 0 Å². The molecule has 7 heteroatoms. The summed E-state index contributed by atoms with van der Waals surface area (Å²) in [6, 6.07) is 0. The molecule has 1 unspecified atom stereocenters. The second-order valence-electron chi connectivity index (χ2n) is 3.50. The van der Waals surface area contributed by atoms with Gasteiger partial charge in [-0.25, -0.2) is 0 Å². The number of hydrogen-bond acceptors (Lipinski definition) is 4. The van der Waals surface area contributed by atoms with Crippen LogP contribution in [-0.4, -0.2) is 20.9 Å². The van der Waals surface area contributed by atoms with E-state index in [4.69, 9.17) is 0 Å². The number of nitrogens with zero attached hydrogens (tertiary/aromatic N) is 2. The van der Waals surface area contributed by atoms with Crippen LogP contribution < -0.4 is 0 Å². The molecule has 1 aromatic heterocycles. The van der Waals surface area contributed by atoms with Gasteiger partial charge in [-0.3, -0.25) is 0 Å². The number of alkyl halides is 3. The Morgan fingerprint density at radius 2 is 2.12 bits per heavy atom. The molecular formula is C9H13F3N2OS. The molecule has 1 aromatic rings. The van der Waals surface area contributed by atoms with E-state index in [1.165, 1.54) is 0 Å². The van der Waals surface area contributed by atoms with E-state index in [2.05, 4.69) is 9.59 Å². The fourth-order valence-corrected chi connectivity index (χ4v) is 2.03. The molecule has 3 nitrogen and oxygen atoms in total. The molecule has 0 radical (unpaired) electrons. The van der Waals surface area contributed by atoms with Crippen molar-refractivity contribution < 1.29 is 18.3 Å². The first kappa shape index (κ1) is 13.4. The maximum atomic E-state index is 12.0. The fourth-order valence-electron chi connectivity index (χ4n) is 1.31. The minimum absolute atomic E-state index is 0.329. The zero-order valence-electron chi connectivity index (χ0n) is 8.79. The van der Waals surface area contributed by atoms with E-state index < -0.39 is 18.7 Å². The van der Waals surface area contributed by atoms with Crippen LogP contribution >= 0.6 is 11.5 Å². The first-order valence-corrected chi connectivity index (χ1v) is 5.77. The van der Waals surface area contributed by atoms with Crippen LogP contribution in [0.4, 0.5) is 13.2 Å². The lowest BCUT2D eigenvalue weighted by Gasteiger charge is -2.11. The molecule has 0 aliphatic carbocycles. The number of hydrogen-bond donors (Lipinski definition) is 1. The van der Waals surface area contributed by atoms with Gasteiger partial charge in [0.2, 0.25) is 0 Å². The summed E-state index contributed by atoms with van der Waals surface area (Å²) in [5, 5.41) is 13.4. The summed E-state index contributed by atoms with van der Waals surface area (Å²) in [6.07, 6.45) is -5.20. The third kappa shape index (κ3) is 4.05. The van der Waals surface area contributed by atoms with Crippen molar-refractivity contribution in [3.63, 3.8) is 0 Å². The summed E-state index contributed by atoms with van der Waals surface area (Å²) in [5.41, 5.74) is 0.613. The van der Waals surface area contributed by atoms with Crippen molar-refractivity contribution >= 4 is 11.5 Å². The maximum absolute atomic E-state index is 12.0. The molecular weight excluding hydrogens is 241 g/mol. The minimum Gasteiger partial charge on any atom is -0.387 e. The number of aliphatic hydroxyl groups is 1. The van der Waals surface area contributed by atoms with Gasteiger partial charge in [-0.05, 0) is 24.4 Å². The van der Waals surface area contributed by atoms with Crippen LogP contribution in [0.5, 0.6) is 0 Å². The summed E-state index contributed by atoms with van der Waals surface area (Å²) in [4.78, 5) is 0.464. The number of aryl methyl sites for hydroxylation is 1. The number of aliphatic hydroxyl groups excluding tert-OH is 1. The van der Waals surface area contributed by atoms with Crippen LogP contribution in [-0.2, 0) is 6.42 Å². The Kier molecular flexibility index (Phi) is 4.67. The predicted octanol–water partition coefficient (Wildman–Crippen LogP) is 2.87. The first-order valence-electron chi connectivity index (χ1n) is 5.00. The number of aromatic nitrogens is 2. The van der Waals surface area contributed by atoms with Crippen molar-refractivity contribution in [1.82, 2.24) is 9.59 Å². The topological polar surface area (TPSA) is 46.0 Å². The Morgan fingerprint density at radius 1 is 1.44 bits per heavy atom. The predicted molar refractivity (Wildman–Crippen MR) is 54.2 cm³/mol. The van der Waals surface area contributed by atoms with Crippen LogP contribution in [0, 0.1) is 0 Å². The summed E-state index contributed by atoms with van der Waals surface area (Å²) >= 11 is 0.970. The van der Waals surface area contributed by atoms with Gasteiger partial charge in [0, 0.05) is 6.42 Å². The van der Waals surface area contributed by atoms with Crippen LogP contribution in [0.25, 0.3) is 0 Å². The monoisotopic (exact) mass is 254 g/mol. The number of rotatable bonds is 5. The normalized spacial score (nSPS) is 14.1. The molecule has 0 saturated carbocycles. The molecule has 1 heterocycles. The van der Waals surface area contributed by atoms with Gasteiger partial charge < -0.3 is 5.11 Å². The lowest BCUT2D eigenvalue weighted by Crippen LogP contribution is -2.10. The Morgan fingerprint density at radius 3 is 2.69 bits per heavy atom. The third-order valence-electron chi connectivity index (χ3n) is 2.08. The summed E-state index contributed by atoms with van der Waals surface area (Å²) < 4.78 is 39.6. The molecule has 0 saturated heterocycles. The second kappa shape index (κ2) is 5.58. The Labute approximate surface area is 95.5 Å². The van der Waals surface area contributed by atoms with Gasteiger partial charge in [-0.2, -0.15) is 13.2 Å². The fraction of sp³-hybridized carbons (Fsp3) is 0.778. The van der Waals surface area contributed by atoms with Gasteiger partial charge in [-0.15, -0.1) is 5.10 Å². The number of halogens is 3. The maximum Gasteiger partial charge on any atom is 0.389 e. The standard InChI is InChI=1S/C9H13F3N2OS/c1-2-3-6-8(16-14-13-6)7(15)4-5-9(10,11)12/h7,15H,2-5H2,1H3. The van der Waals surface area contributed by atoms with E-state index in [1.54, 1.807) is 0 Å². The largest absolute Gasteiger partial charge is 0.389 e. The van der Waals surface area contributed by atoms with Crippen molar-refractivity contribution in [3.05, 3.63) is 10.6 Å². The SMILES string of the molecule is CCCc1nnsc1C(O)CCC(F)(F)F. The molecule has 92 valence electrons. The van der Waals surface area contributed by atoms with E-state index in [0.29, 0.717) is 17.0 Å². The zero-order chi connectivity index (χ0) is 12.2. The quantitative estimate of drug-likeness (QED) is 0.878. The van der Waals surface area contributed by atoms with E-state index in [0.717, 1.165) is 18.0 Å². The summed E-state index contributed by atoms with van der Waals surface area (Å²) in [7, 11) is 0. The van der Waals surface area contributed by atoms with Crippen molar-refractivity contribution in [2.24, 2.45) is 0 Å². The van der Waals surface area contributed by atoms with Crippen LogP contribution in [0.15, 0.2) is 0 Å². The lowest BCUT2D eigenvalue weighted by atomic mass is 10.1. The van der Waals surface area contributed by atoms with E-state index >= 15 is 0 Å². The summed E-state index contributed by atoms with van der Waals surface area (Å²) in [6.45, 7) is 1.94. The van der Waals surface area contributed by atoms with Crippen LogP contribution in [0.3, 0.4) is 0 Å². The Bertz CT molecular complexity index is 327. The molecule has 16 heavy (non-hydrogen) atoms. The van der Waals surface area contributed by atoms with Gasteiger partial charge in [0.15, 0.2) is 0 Å². The van der Waals surface area contributed by atoms with Crippen molar-refractivity contribution in [2.75, 3.05) is 0 Å². The zero-order valence-corrected chi connectivity index (χ0v) is 9.61. The third-order valence-corrected chi connectivity index (χ3v) is 2.94. The van der Waals surface area contributed by atoms with Crippen molar-refractivity contribution in [1.29, 1.82) is 0 Å². The van der Waals surface area contributed by atoms with E-state index in [9.17, 15) is 18.3 Å². The van der Waals surface area contributed by atoms with Crippen molar-refractivity contribution in [3.8, 4) is 0 Å². The van der Waals surface area contributed by atoms with Gasteiger partial charge >= 0.3 is 6.18 Å². The summed E-state index contributed by atoms with van der Waals surface area (Å²) in [5.74, 6) is 0. The highest BCUT2D eigenvalue weighted by Gasteiger charge is 2.29. The van der Waals surface area contributed by atoms with Crippen LogP contribution in [0.1, 0.15) is 42.9 Å². The molecule has 0 aromatic carbocycles. The molecule has 0 aliphatic rings. The van der Waals surface area contributed by atoms with E-state index in [1.807, 2.05) is 6.92 Å². The molecule has 0 fully saturated rings. The highest BCUT2D eigenvalue weighted by Crippen LogP contribution is 2.30. The molecule has 0 amide bonds. The molecule has 0 spiro atoms. The molecule has 1 rings (SSSR count). The second-order valence-corrected chi connectivity index (χ2v) is 4.29. The highest BCUT2D eigenvalue weighted by atomic mass is 32.1. The first-order chi connectivity index (χ1) is 7.44. The van der Waals surface area contributed by atoms with E-state index in [-0.39, 0.29) is 6.42 Å². The lowest BCUT2D eigenvalue weighted by molar-refractivity contribution is -0.140. The molecule has 1 atom stereocenters. The molecule has 0 bridgehead atoms. The molecule has 0 aliphatic heterocycles. The van der Waals surface area contributed by atoms with Gasteiger partial charge in [0.1, 0.15) is 0 Å². The smallest absolute Gasteiger partial charge is 0.387 e. The highest BCUT2D eigenvalue weighted by molar-refractivity contribution is 7.05.